The first kappa shape index (κ1) is 13.7. The van der Waals surface area contributed by atoms with Crippen molar-refractivity contribution in [2.24, 2.45) is 0 Å². The zero-order valence-electron chi connectivity index (χ0n) is 14.0. The predicted molar refractivity (Wildman–Crippen MR) is 110 cm³/mol. The first-order chi connectivity index (χ1) is 12.9. The van der Waals surface area contributed by atoms with Crippen LogP contribution >= 0.6 is 0 Å². The molecule has 0 N–H and O–H groups in total. The van der Waals surface area contributed by atoms with Crippen LogP contribution in [0.1, 0.15) is 0 Å². The van der Waals surface area contributed by atoms with E-state index >= 15 is 0 Å². The highest BCUT2D eigenvalue weighted by Crippen LogP contribution is 2.33. The zero-order valence-corrected chi connectivity index (χ0v) is 14.0. The highest BCUT2D eigenvalue weighted by molar-refractivity contribution is 6.21. The third-order valence-corrected chi connectivity index (χ3v) is 5.18. The highest BCUT2D eigenvalue weighted by atomic mass is 14.7. The number of aromatic nitrogens is 2. The molecule has 6 aromatic rings. The number of hydrogen-bond donors (Lipinski definition) is 0. The third kappa shape index (κ3) is 1.87. The summed E-state index contributed by atoms with van der Waals surface area (Å²) >= 11 is 0. The lowest BCUT2D eigenvalue weighted by Gasteiger charge is -2.09. The van der Waals surface area contributed by atoms with Gasteiger partial charge in [0, 0.05) is 26.9 Å². The van der Waals surface area contributed by atoms with Gasteiger partial charge in [-0.1, -0.05) is 48.5 Å². The van der Waals surface area contributed by atoms with Gasteiger partial charge in [0.05, 0.1) is 22.1 Å². The molecule has 2 heterocycles. The van der Waals surface area contributed by atoms with Gasteiger partial charge >= 0.3 is 0 Å². The Hall–Kier alpha value is -3.52. The van der Waals surface area contributed by atoms with E-state index in [0.29, 0.717) is 0 Å². The molecule has 0 saturated heterocycles. The van der Waals surface area contributed by atoms with E-state index in [2.05, 4.69) is 72.8 Å². The Kier molecular flexibility index (Phi) is 2.64. The fourth-order valence-corrected chi connectivity index (χ4v) is 3.93. The molecule has 0 atom stereocenters. The fraction of sp³-hybridized carbons (Fsp3) is 0. The Morgan fingerprint density at radius 3 is 1.46 bits per heavy atom. The second-order valence-corrected chi connectivity index (χ2v) is 6.72. The van der Waals surface area contributed by atoms with Crippen molar-refractivity contribution in [2.45, 2.75) is 0 Å². The predicted octanol–water partition coefficient (Wildman–Crippen LogP) is 6.24. The Balaban J connectivity index is 1.88. The standard InChI is InChI=1S/C24H14N2/c1-3-7-20-16(5-1)13-18-22(25-20)11-9-15-10-12-23-19(24(15)18)14-17-6-2-4-8-21(17)26-23/h1-14H. The average molecular weight is 330 g/mol. The third-order valence-electron chi connectivity index (χ3n) is 5.18. The maximum absolute atomic E-state index is 4.88. The molecule has 0 aliphatic carbocycles. The van der Waals surface area contributed by atoms with E-state index in [0.717, 1.165) is 22.1 Å². The van der Waals surface area contributed by atoms with Crippen molar-refractivity contribution in [1.29, 1.82) is 0 Å². The van der Waals surface area contributed by atoms with Crippen molar-refractivity contribution < 1.29 is 0 Å². The van der Waals surface area contributed by atoms with Crippen molar-refractivity contribution >= 4 is 54.4 Å². The van der Waals surface area contributed by atoms with E-state index in [4.69, 9.17) is 9.97 Å². The van der Waals surface area contributed by atoms with Crippen molar-refractivity contribution in [3.63, 3.8) is 0 Å². The van der Waals surface area contributed by atoms with E-state index in [1.807, 2.05) is 12.1 Å². The number of pyridine rings is 2. The molecule has 0 amide bonds. The molecule has 0 spiro atoms. The molecule has 2 heteroatoms. The molecule has 0 aliphatic rings. The van der Waals surface area contributed by atoms with E-state index in [-0.39, 0.29) is 0 Å². The van der Waals surface area contributed by atoms with E-state index in [1.54, 1.807) is 0 Å². The molecule has 26 heavy (non-hydrogen) atoms. The van der Waals surface area contributed by atoms with E-state index < -0.39 is 0 Å². The summed E-state index contributed by atoms with van der Waals surface area (Å²) < 4.78 is 0. The van der Waals surface area contributed by atoms with E-state index in [1.165, 1.54) is 32.3 Å². The fourth-order valence-electron chi connectivity index (χ4n) is 3.93. The van der Waals surface area contributed by atoms with Crippen LogP contribution < -0.4 is 0 Å². The largest absolute Gasteiger partial charge is 0.248 e. The van der Waals surface area contributed by atoms with Gasteiger partial charge < -0.3 is 0 Å². The normalized spacial score (nSPS) is 11.8. The first-order valence-electron chi connectivity index (χ1n) is 8.78. The summed E-state index contributed by atoms with van der Waals surface area (Å²) in [6, 6.07) is 29.6. The molecule has 0 aliphatic heterocycles. The number of nitrogens with zero attached hydrogens (tertiary/aromatic N) is 2. The monoisotopic (exact) mass is 330 g/mol. The second-order valence-electron chi connectivity index (χ2n) is 6.72. The zero-order chi connectivity index (χ0) is 17.1. The Labute approximate surface area is 149 Å². The quantitative estimate of drug-likeness (QED) is 0.243. The first-order valence-corrected chi connectivity index (χ1v) is 8.78. The van der Waals surface area contributed by atoms with Crippen molar-refractivity contribution in [1.82, 2.24) is 9.97 Å². The Morgan fingerprint density at radius 1 is 0.423 bits per heavy atom. The van der Waals surface area contributed by atoms with Gasteiger partial charge in [0.15, 0.2) is 0 Å². The molecular weight excluding hydrogens is 316 g/mol. The summed E-state index contributed by atoms with van der Waals surface area (Å²) in [6.07, 6.45) is 0. The lowest BCUT2D eigenvalue weighted by Crippen LogP contribution is -1.88. The maximum Gasteiger partial charge on any atom is 0.0716 e. The number of benzene rings is 4. The summed E-state index contributed by atoms with van der Waals surface area (Å²) in [4.78, 5) is 9.75. The number of para-hydroxylation sites is 2. The van der Waals surface area contributed by atoms with Crippen LogP contribution in [0.5, 0.6) is 0 Å². The summed E-state index contributed by atoms with van der Waals surface area (Å²) in [7, 11) is 0. The van der Waals surface area contributed by atoms with Gasteiger partial charge in [0.2, 0.25) is 0 Å². The van der Waals surface area contributed by atoms with Crippen LogP contribution in [0.3, 0.4) is 0 Å². The minimum absolute atomic E-state index is 1.02. The van der Waals surface area contributed by atoms with Gasteiger partial charge in [-0.05, 0) is 41.8 Å². The minimum atomic E-state index is 1.02. The summed E-state index contributed by atoms with van der Waals surface area (Å²) in [5.74, 6) is 0. The molecule has 6 rings (SSSR count). The van der Waals surface area contributed by atoms with Gasteiger partial charge in [0.25, 0.3) is 0 Å². The number of hydrogen-bond acceptors (Lipinski definition) is 2. The van der Waals surface area contributed by atoms with Gasteiger partial charge in [-0.15, -0.1) is 0 Å². The molecule has 0 fully saturated rings. The van der Waals surface area contributed by atoms with Gasteiger partial charge in [-0.25, -0.2) is 9.97 Å². The average Bonchev–Trinajstić information content (AvgIpc) is 2.70. The minimum Gasteiger partial charge on any atom is -0.248 e. The van der Waals surface area contributed by atoms with Crippen LogP contribution in [-0.4, -0.2) is 9.97 Å². The van der Waals surface area contributed by atoms with Crippen LogP contribution in [0, 0.1) is 0 Å². The maximum atomic E-state index is 4.88. The van der Waals surface area contributed by atoms with E-state index in [9.17, 15) is 0 Å². The Bertz CT molecular complexity index is 1370. The molecular formula is C24H14N2. The van der Waals surface area contributed by atoms with Gasteiger partial charge in [-0.3, -0.25) is 0 Å². The molecule has 2 aromatic heterocycles. The van der Waals surface area contributed by atoms with Gasteiger partial charge in [-0.2, -0.15) is 0 Å². The van der Waals surface area contributed by atoms with Gasteiger partial charge in [0.1, 0.15) is 0 Å². The van der Waals surface area contributed by atoms with Crippen molar-refractivity contribution in [3.05, 3.63) is 84.9 Å². The molecule has 0 saturated carbocycles. The lowest BCUT2D eigenvalue weighted by molar-refractivity contribution is 1.50. The van der Waals surface area contributed by atoms with Crippen LogP contribution in [-0.2, 0) is 0 Å². The number of rotatable bonds is 0. The topological polar surface area (TPSA) is 25.8 Å². The molecule has 4 aromatic carbocycles. The van der Waals surface area contributed by atoms with Crippen molar-refractivity contribution in [2.75, 3.05) is 0 Å². The molecule has 0 unspecified atom stereocenters. The molecule has 0 bridgehead atoms. The SMILES string of the molecule is c1ccc2nc3ccc4ccc5nc6ccccc6cc5c4c3cc2c1. The summed E-state index contributed by atoms with van der Waals surface area (Å²) in [6.45, 7) is 0. The van der Waals surface area contributed by atoms with Crippen LogP contribution in [0.4, 0.5) is 0 Å². The smallest absolute Gasteiger partial charge is 0.0716 e. The summed E-state index contributed by atoms with van der Waals surface area (Å²) in [5.41, 5.74) is 4.11. The van der Waals surface area contributed by atoms with Crippen LogP contribution in [0.2, 0.25) is 0 Å². The van der Waals surface area contributed by atoms with Crippen molar-refractivity contribution in [3.8, 4) is 0 Å². The van der Waals surface area contributed by atoms with Crippen LogP contribution in [0.25, 0.3) is 54.4 Å². The molecule has 0 radical (unpaired) electrons. The number of fused-ring (bicyclic) bond motifs is 7. The molecule has 120 valence electrons. The molecule has 2 nitrogen and oxygen atoms in total. The summed E-state index contributed by atoms with van der Waals surface area (Å²) in [5, 5.41) is 7.15. The Morgan fingerprint density at radius 2 is 0.923 bits per heavy atom. The van der Waals surface area contributed by atoms with Crippen LogP contribution in [0.15, 0.2) is 84.9 Å². The second kappa shape index (κ2) is 4.99. The highest BCUT2D eigenvalue weighted by Gasteiger charge is 2.09. The lowest BCUT2D eigenvalue weighted by atomic mass is 9.98.